The molecule has 0 saturated heterocycles. The van der Waals surface area contributed by atoms with E-state index in [1.165, 1.54) is 11.8 Å². The average Bonchev–Trinajstić information content (AvgIpc) is 2.56. The summed E-state index contributed by atoms with van der Waals surface area (Å²) in [4.78, 5) is 12.2. The molecule has 0 spiro atoms. The molecule has 4 heteroatoms. The van der Waals surface area contributed by atoms with Gasteiger partial charge >= 0.3 is 0 Å². The SMILES string of the molecule is CC(O)C(=O)NCCc1cccs1. The van der Waals surface area contributed by atoms with Gasteiger partial charge in [0.1, 0.15) is 6.10 Å². The molecule has 0 bridgehead atoms. The molecule has 1 amide bonds. The van der Waals surface area contributed by atoms with Crippen LogP contribution in [0.3, 0.4) is 0 Å². The van der Waals surface area contributed by atoms with Crippen molar-refractivity contribution in [2.24, 2.45) is 0 Å². The van der Waals surface area contributed by atoms with E-state index in [9.17, 15) is 4.79 Å². The summed E-state index contributed by atoms with van der Waals surface area (Å²) >= 11 is 1.67. The van der Waals surface area contributed by atoms with Crippen LogP contribution >= 0.6 is 11.3 Å². The molecule has 13 heavy (non-hydrogen) atoms. The molecule has 1 unspecified atom stereocenters. The highest BCUT2D eigenvalue weighted by Gasteiger charge is 2.06. The van der Waals surface area contributed by atoms with E-state index in [-0.39, 0.29) is 5.91 Å². The largest absolute Gasteiger partial charge is 0.384 e. The van der Waals surface area contributed by atoms with Gasteiger partial charge in [0, 0.05) is 11.4 Å². The summed E-state index contributed by atoms with van der Waals surface area (Å²) in [6.45, 7) is 2.05. The number of hydrogen-bond acceptors (Lipinski definition) is 3. The number of carbonyl (C=O) groups is 1. The predicted molar refractivity (Wildman–Crippen MR) is 52.7 cm³/mol. The van der Waals surface area contributed by atoms with Crippen molar-refractivity contribution in [3.8, 4) is 0 Å². The minimum Gasteiger partial charge on any atom is -0.384 e. The fourth-order valence-corrected chi connectivity index (χ4v) is 1.62. The second kappa shape index (κ2) is 4.99. The van der Waals surface area contributed by atoms with Crippen molar-refractivity contribution >= 4 is 17.2 Å². The lowest BCUT2D eigenvalue weighted by atomic mass is 10.3. The summed E-state index contributed by atoms with van der Waals surface area (Å²) in [7, 11) is 0. The monoisotopic (exact) mass is 199 g/mol. The summed E-state index contributed by atoms with van der Waals surface area (Å²) in [6, 6.07) is 4.01. The Labute approximate surface area is 81.4 Å². The Balaban J connectivity index is 2.18. The highest BCUT2D eigenvalue weighted by molar-refractivity contribution is 7.09. The van der Waals surface area contributed by atoms with Gasteiger partial charge in [0.05, 0.1) is 0 Å². The summed E-state index contributed by atoms with van der Waals surface area (Å²) < 4.78 is 0. The average molecular weight is 199 g/mol. The van der Waals surface area contributed by atoms with Crippen LogP contribution in [0.1, 0.15) is 11.8 Å². The van der Waals surface area contributed by atoms with Gasteiger partial charge in [-0.2, -0.15) is 0 Å². The number of aliphatic hydroxyl groups excluding tert-OH is 1. The number of hydrogen-bond donors (Lipinski definition) is 2. The third kappa shape index (κ3) is 3.57. The standard InChI is InChI=1S/C9H13NO2S/c1-7(11)9(12)10-5-4-8-3-2-6-13-8/h2-3,6-7,11H,4-5H2,1H3,(H,10,12). The van der Waals surface area contributed by atoms with E-state index in [4.69, 9.17) is 5.11 Å². The van der Waals surface area contributed by atoms with Crippen LogP contribution in [0.4, 0.5) is 0 Å². The number of amides is 1. The molecule has 1 rings (SSSR count). The van der Waals surface area contributed by atoms with Gasteiger partial charge in [0.15, 0.2) is 0 Å². The van der Waals surface area contributed by atoms with Crippen LogP contribution < -0.4 is 5.32 Å². The van der Waals surface area contributed by atoms with Gasteiger partial charge in [-0.3, -0.25) is 4.79 Å². The third-order valence-electron chi connectivity index (χ3n) is 1.63. The second-order valence-electron chi connectivity index (χ2n) is 2.80. The van der Waals surface area contributed by atoms with Crippen molar-refractivity contribution in [1.82, 2.24) is 5.32 Å². The number of rotatable bonds is 4. The van der Waals surface area contributed by atoms with Gasteiger partial charge in [-0.25, -0.2) is 0 Å². The predicted octanol–water partition coefficient (Wildman–Crippen LogP) is 0.788. The summed E-state index contributed by atoms with van der Waals surface area (Å²) in [5.41, 5.74) is 0. The molecule has 1 aromatic rings. The van der Waals surface area contributed by atoms with Crippen molar-refractivity contribution in [1.29, 1.82) is 0 Å². The first kappa shape index (κ1) is 10.2. The van der Waals surface area contributed by atoms with Gasteiger partial charge < -0.3 is 10.4 Å². The normalized spacial score (nSPS) is 12.5. The Morgan fingerprint density at radius 3 is 3.08 bits per heavy atom. The molecule has 0 aromatic carbocycles. The molecular formula is C9H13NO2S. The van der Waals surface area contributed by atoms with Gasteiger partial charge in [0.2, 0.25) is 5.91 Å². The van der Waals surface area contributed by atoms with E-state index in [1.807, 2.05) is 17.5 Å². The molecule has 0 aliphatic heterocycles. The smallest absolute Gasteiger partial charge is 0.248 e. The second-order valence-corrected chi connectivity index (χ2v) is 3.83. The van der Waals surface area contributed by atoms with Crippen LogP contribution in [0.25, 0.3) is 0 Å². The highest BCUT2D eigenvalue weighted by atomic mass is 32.1. The minimum absolute atomic E-state index is 0.309. The van der Waals surface area contributed by atoms with E-state index in [2.05, 4.69) is 5.32 Å². The van der Waals surface area contributed by atoms with E-state index in [1.54, 1.807) is 11.3 Å². The molecule has 72 valence electrons. The third-order valence-corrected chi connectivity index (χ3v) is 2.57. The molecule has 0 aliphatic rings. The molecule has 0 fully saturated rings. The van der Waals surface area contributed by atoms with E-state index in [0.717, 1.165) is 6.42 Å². The van der Waals surface area contributed by atoms with Gasteiger partial charge in [-0.1, -0.05) is 6.07 Å². The molecule has 2 N–H and O–H groups in total. The van der Waals surface area contributed by atoms with Crippen molar-refractivity contribution in [3.63, 3.8) is 0 Å². The quantitative estimate of drug-likeness (QED) is 0.753. The van der Waals surface area contributed by atoms with Crippen LogP contribution in [-0.4, -0.2) is 23.7 Å². The van der Waals surface area contributed by atoms with Crippen molar-refractivity contribution in [2.75, 3.05) is 6.54 Å². The number of thiophene rings is 1. The minimum atomic E-state index is -0.914. The van der Waals surface area contributed by atoms with Gasteiger partial charge in [-0.15, -0.1) is 11.3 Å². The zero-order valence-corrected chi connectivity index (χ0v) is 8.30. The number of nitrogens with one attached hydrogen (secondary N) is 1. The fourth-order valence-electron chi connectivity index (χ4n) is 0.911. The fraction of sp³-hybridized carbons (Fsp3) is 0.444. The zero-order chi connectivity index (χ0) is 9.68. The van der Waals surface area contributed by atoms with Crippen LogP contribution in [0.2, 0.25) is 0 Å². The maximum Gasteiger partial charge on any atom is 0.248 e. The van der Waals surface area contributed by atoms with Crippen molar-refractivity contribution < 1.29 is 9.90 Å². The van der Waals surface area contributed by atoms with Crippen molar-refractivity contribution in [3.05, 3.63) is 22.4 Å². The molecule has 3 nitrogen and oxygen atoms in total. The molecule has 0 saturated carbocycles. The summed E-state index contributed by atoms with van der Waals surface area (Å²) in [5, 5.41) is 13.5. The number of aliphatic hydroxyl groups is 1. The lowest BCUT2D eigenvalue weighted by Crippen LogP contribution is -2.33. The van der Waals surface area contributed by atoms with Crippen LogP contribution in [0.5, 0.6) is 0 Å². The lowest BCUT2D eigenvalue weighted by molar-refractivity contribution is -0.128. The summed E-state index contributed by atoms with van der Waals surface area (Å²) in [6.07, 6.45) is -0.0841. The first-order chi connectivity index (χ1) is 6.20. The zero-order valence-electron chi connectivity index (χ0n) is 7.49. The Morgan fingerprint density at radius 1 is 1.77 bits per heavy atom. The Kier molecular flexibility index (Phi) is 3.92. The molecule has 1 atom stereocenters. The lowest BCUT2D eigenvalue weighted by Gasteiger charge is -2.05. The first-order valence-corrected chi connectivity index (χ1v) is 5.06. The van der Waals surface area contributed by atoms with Gasteiger partial charge in [0.25, 0.3) is 0 Å². The van der Waals surface area contributed by atoms with Gasteiger partial charge in [-0.05, 0) is 24.8 Å². The first-order valence-electron chi connectivity index (χ1n) is 4.18. The molecule has 1 aromatic heterocycles. The Bertz CT molecular complexity index is 257. The molecule has 0 radical (unpaired) electrons. The van der Waals surface area contributed by atoms with Crippen LogP contribution in [0.15, 0.2) is 17.5 Å². The summed E-state index contributed by atoms with van der Waals surface area (Å²) in [5.74, 6) is -0.309. The molecular weight excluding hydrogens is 186 g/mol. The van der Waals surface area contributed by atoms with Crippen LogP contribution in [0, 0.1) is 0 Å². The van der Waals surface area contributed by atoms with Crippen LogP contribution in [-0.2, 0) is 11.2 Å². The Morgan fingerprint density at radius 2 is 2.54 bits per heavy atom. The van der Waals surface area contributed by atoms with E-state index < -0.39 is 6.10 Å². The van der Waals surface area contributed by atoms with Crippen molar-refractivity contribution in [2.45, 2.75) is 19.4 Å². The molecule has 0 aliphatic carbocycles. The highest BCUT2D eigenvalue weighted by Crippen LogP contribution is 2.07. The topological polar surface area (TPSA) is 49.3 Å². The maximum atomic E-state index is 10.9. The number of carbonyl (C=O) groups excluding carboxylic acids is 1. The van der Waals surface area contributed by atoms with E-state index in [0.29, 0.717) is 6.54 Å². The van der Waals surface area contributed by atoms with E-state index >= 15 is 0 Å². The maximum absolute atomic E-state index is 10.9. The molecule has 1 heterocycles. The Hall–Kier alpha value is -0.870.